The summed E-state index contributed by atoms with van der Waals surface area (Å²) in [5.41, 5.74) is 2.11. The summed E-state index contributed by atoms with van der Waals surface area (Å²) < 4.78 is 5.90. The SMILES string of the molecule is O=C(O)Cc1ccc2oc3ccc(C4CCN5CCCNC5N4O)cc3c(=O)c2c1. The van der Waals surface area contributed by atoms with E-state index in [2.05, 4.69) is 10.2 Å². The van der Waals surface area contributed by atoms with Gasteiger partial charge in [0.15, 0.2) is 0 Å². The number of hydrogen-bond donors (Lipinski definition) is 3. The van der Waals surface area contributed by atoms with E-state index in [1.165, 1.54) is 5.06 Å². The predicted octanol–water partition coefficient (Wildman–Crippen LogP) is 2.29. The first kappa shape index (κ1) is 19.2. The quantitative estimate of drug-likeness (QED) is 0.566. The summed E-state index contributed by atoms with van der Waals surface area (Å²) in [5.74, 6) is -0.951. The molecular weight excluding hydrogens is 386 g/mol. The van der Waals surface area contributed by atoms with Gasteiger partial charge >= 0.3 is 5.97 Å². The van der Waals surface area contributed by atoms with Gasteiger partial charge in [0.25, 0.3) is 0 Å². The Bertz CT molecular complexity index is 1190. The van der Waals surface area contributed by atoms with Crippen LogP contribution >= 0.6 is 0 Å². The molecule has 0 aliphatic carbocycles. The van der Waals surface area contributed by atoms with Gasteiger partial charge < -0.3 is 14.7 Å². The third-order valence-corrected chi connectivity index (χ3v) is 6.05. The Hall–Kier alpha value is -2.78. The molecule has 156 valence electrons. The van der Waals surface area contributed by atoms with E-state index in [4.69, 9.17) is 9.52 Å². The van der Waals surface area contributed by atoms with Gasteiger partial charge in [0.2, 0.25) is 5.43 Å². The van der Waals surface area contributed by atoms with E-state index in [1.54, 1.807) is 30.3 Å². The minimum absolute atomic E-state index is 0.153. The van der Waals surface area contributed by atoms with Crippen LogP contribution in [-0.2, 0) is 11.2 Å². The van der Waals surface area contributed by atoms with Crippen LogP contribution in [0, 0.1) is 0 Å². The number of nitrogens with zero attached hydrogens (tertiary/aromatic N) is 2. The average Bonchev–Trinajstić information content (AvgIpc) is 2.74. The zero-order chi connectivity index (χ0) is 20.8. The maximum atomic E-state index is 13.2. The Labute approximate surface area is 172 Å². The van der Waals surface area contributed by atoms with Crippen LogP contribution in [0.2, 0.25) is 0 Å². The summed E-state index contributed by atoms with van der Waals surface area (Å²) in [4.78, 5) is 26.4. The van der Waals surface area contributed by atoms with E-state index < -0.39 is 5.97 Å². The molecule has 0 spiro atoms. The second-order valence-electron chi connectivity index (χ2n) is 7.99. The highest BCUT2D eigenvalue weighted by Crippen LogP contribution is 2.32. The number of rotatable bonds is 3. The van der Waals surface area contributed by atoms with Crippen LogP contribution in [0.25, 0.3) is 21.9 Å². The van der Waals surface area contributed by atoms with Crippen LogP contribution in [0.1, 0.15) is 30.0 Å². The molecule has 3 aromatic rings. The first-order valence-electron chi connectivity index (χ1n) is 10.2. The van der Waals surface area contributed by atoms with Gasteiger partial charge in [0.05, 0.1) is 23.2 Å². The van der Waals surface area contributed by atoms with Crippen molar-refractivity contribution < 1.29 is 19.5 Å². The van der Waals surface area contributed by atoms with Crippen molar-refractivity contribution in [1.82, 2.24) is 15.3 Å². The monoisotopic (exact) mass is 409 g/mol. The van der Waals surface area contributed by atoms with Crippen LogP contribution in [-0.4, -0.2) is 52.2 Å². The third kappa shape index (κ3) is 3.27. The Kier molecular flexibility index (Phi) is 4.79. The summed E-state index contributed by atoms with van der Waals surface area (Å²) >= 11 is 0. The van der Waals surface area contributed by atoms with E-state index in [0.29, 0.717) is 27.5 Å². The fourth-order valence-corrected chi connectivity index (χ4v) is 4.58. The Morgan fingerprint density at radius 1 is 1.13 bits per heavy atom. The highest BCUT2D eigenvalue weighted by Gasteiger charge is 2.37. The van der Waals surface area contributed by atoms with Crippen molar-refractivity contribution in [2.45, 2.75) is 31.6 Å². The Balaban J connectivity index is 1.56. The molecule has 2 aliphatic rings. The van der Waals surface area contributed by atoms with E-state index in [0.717, 1.165) is 38.0 Å². The fourth-order valence-electron chi connectivity index (χ4n) is 4.58. The molecule has 3 heterocycles. The molecule has 2 unspecified atom stereocenters. The zero-order valence-corrected chi connectivity index (χ0v) is 16.4. The molecule has 8 heteroatoms. The molecule has 8 nitrogen and oxygen atoms in total. The molecule has 2 aliphatic heterocycles. The van der Waals surface area contributed by atoms with Crippen molar-refractivity contribution in [2.75, 3.05) is 19.6 Å². The van der Waals surface area contributed by atoms with Gasteiger partial charge in [-0.2, -0.15) is 5.06 Å². The molecule has 1 aromatic heterocycles. The number of carbonyl (C=O) groups is 1. The Morgan fingerprint density at radius 3 is 2.70 bits per heavy atom. The summed E-state index contributed by atoms with van der Waals surface area (Å²) in [6.45, 7) is 2.67. The minimum atomic E-state index is -0.951. The van der Waals surface area contributed by atoms with Crippen LogP contribution in [0.5, 0.6) is 0 Å². The molecule has 30 heavy (non-hydrogen) atoms. The van der Waals surface area contributed by atoms with Crippen molar-refractivity contribution in [1.29, 1.82) is 0 Å². The molecule has 2 atom stereocenters. The van der Waals surface area contributed by atoms with Gasteiger partial charge in [-0.25, -0.2) is 0 Å². The zero-order valence-electron chi connectivity index (χ0n) is 16.4. The molecule has 0 amide bonds. The standard InChI is InChI=1S/C22H23N3O5/c26-20(27)11-13-2-4-18-15(10-13)21(28)16-12-14(3-5-19(16)30-18)17-6-9-24-8-1-7-23-22(24)25(17)29/h2-5,10,12,17,22-23,29H,1,6-9,11H2,(H,26,27). The first-order valence-corrected chi connectivity index (χ1v) is 10.2. The molecule has 0 radical (unpaired) electrons. The molecule has 3 N–H and O–H groups in total. The number of nitrogens with one attached hydrogen (secondary N) is 1. The minimum Gasteiger partial charge on any atom is -0.481 e. The maximum absolute atomic E-state index is 13.2. The number of aliphatic carboxylic acids is 1. The van der Waals surface area contributed by atoms with Gasteiger partial charge in [-0.15, -0.1) is 0 Å². The fraction of sp³-hybridized carbons (Fsp3) is 0.364. The van der Waals surface area contributed by atoms with Gasteiger partial charge in [-0.05, 0) is 54.8 Å². The number of carboxylic acids is 1. The van der Waals surface area contributed by atoms with E-state index in [-0.39, 0.29) is 24.2 Å². The lowest BCUT2D eigenvalue weighted by Gasteiger charge is -2.47. The van der Waals surface area contributed by atoms with Crippen molar-refractivity contribution >= 4 is 27.9 Å². The second-order valence-corrected chi connectivity index (χ2v) is 7.99. The van der Waals surface area contributed by atoms with Crippen molar-refractivity contribution in [3.05, 3.63) is 57.7 Å². The lowest BCUT2D eigenvalue weighted by Crippen LogP contribution is -2.63. The normalized spacial score (nSPS) is 23.0. The predicted molar refractivity (Wildman–Crippen MR) is 110 cm³/mol. The highest BCUT2D eigenvalue weighted by atomic mass is 16.5. The van der Waals surface area contributed by atoms with E-state index in [1.807, 2.05) is 6.07 Å². The summed E-state index contributed by atoms with van der Waals surface area (Å²) in [6, 6.07) is 10.1. The Morgan fingerprint density at radius 2 is 1.90 bits per heavy atom. The molecule has 2 saturated heterocycles. The first-order chi connectivity index (χ1) is 14.5. The van der Waals surface area contributed by atoms with Gasteiger partial charge in [-0.3, -0.25) is 19.8 Å². The third-order valence-electron chi connectivity index (χ3n) is 6.05. The molecule has 5 rings (SSSR count). The van der Waals surface area contributed by atoms with E-state index in [9.17, 15) is 14.8 Å². The lowest BCUT2D eigenvalue weighted by molar-refractivity contribution is -0.240. The van der Waals surface area contributed by atoms with Crippen molar-refractivity contribution in [3.63, 3.8) is 0 Å². The van der Waals surface area contributed by atoms with E-state index >= 15 is 0 Å². The molecular formula is C22H23N3O5. The molecule has 2 aromatic carbocycles. The van der Waals surface area contributed by atoms with Crippen LogP contribution in [0.3, 0.4) is 0 Å². The summed E-state index contributed by atoms with van der Waals surface area (Å²) in [6.07, 6.45) is 1.44. The van der Waals surface area contributed by atoms with Crippen molar-refractivity contribution in [3.8, 4) is 0 Å². The molecule has 0 saturated carbocycles. The van der Waals surface area contributed by atoms with Crippen LogP contribution in [0.4, 0.5) is 0 Å². The lowest BCUT2D eigenvalue weighted by atomic mass is 9.98. The molecule has 0 bridgehead atoms. The van der Waals surface area contributed by atoms with Gasteiger partial charge in [-0.1, -0.05) is 12.1 Å². The number of carboxylic acid groups (broad SMARTS) is 1. The average molecular weight is 409 g/mol. The second kappa shape index (κ2) is 7.48. The number of hydroxylamine groups is 2. The molecule has 2 fully saturated rings. The smallest absolute Gasteiger partial charge is 0.307 e. The van der Waals surface area contributed by atoms with Crippen LogP contribution in [0.15, 0.2) is 45.6 Å². The largest absolute Gasteiger partial charge is 0.481 e. The number of benzene rings is 2. The number of hydrogen-bond acceptors (Lipinski definition) is 7. The van der Waals surface area contributed by atoms with Crippen LogP contribution < -0.4 is 10.7 Å². The summed E-state index contributed by atoms with van der Waals surface area (Å²) in [7, 11) is 0. The summed E-state index contributed by atoms with van der Waals surface area (Å²) in [5, 5.41) is 25.3. The topological polar surface area (TPSA) is 106 Å². The number of fused-ring (bicyclic) bond motifs is 3. The van der Waals surface area contributed by atoms with Gasteiger partial charge in [0, 0.05) is 13.1 Å². The maximum Gasteiger partial charge on any atom is 0.307 e. The highest BCUT2D eigenvalue weighted by molar-refractivity contribution is 5.90. The van der Waals surface area contributed by atoms with Gasteiger partial charge in [0.1, 0.15) is 17.5 Å². The van der Waals surface area contributed by atoms with Crippen molar-refractivity contribution in [2.24, 2.45) is 0 Å².